The molecular formula is C11H17BrO4. The number of hydrogen-bond acceptors (Lipinski definition) is 4. The van der Waals surface area contributed by atoms with E-state index < -0.39 is 17.9 Å². The lowest BCUT2D eigenvalue weighted by atomic mass is 9.75. The maximum absolute atomic E-state index is 11.7. The largest absolute Gasteiger partial charge is 0.465 e. The first-order chi connectivity index (χ1) is 7.60. The second-order valence-corrected chi connectivity index (χ2v) is 5.11. The maximum atomic E-state index is 11.7. The van der Waals surface area contributed by atoms with Gasteiger partial charge in [-0.1, -0.05) is 15.9 Å². The predicted molar refractivity (Wildman–Crippen MR) is 62.2 cm³/mol. The predicted octanol–water partition coefficient (Wildman–Crippen LogP) is 1.90. The third-order valence-electron chi connectivity index (χ3n) is 2.67. The van der Waals surface area contributed by atoms with Crippen LogP contribution in [0.15, 0.2) is 0 Å². The van der Waals surface area contributed by atoms with Gasteiger partial charge in [-0.15, -0.1) is 0 Å². The van der Waals surface area contributed by atoms with Gasteiger partial charge in [-0.25, -0.2) is 0 Å². The monoisotopic (exact) mass is 292 g/mol. The van der Waals surface area contributed by atoms with Crippen LogP contribution in [0.25, 0.3) is 0 Å². The first-order valence-electron chi connectivity index (χ1n) is 5.57. The van der Waals surface area contributed by atoms with Crippen molar-refractivity contribution in [2.45, 2.75) is 31.5 Å². The van der Waals surface area contributed by atoms with Gasteiger partial charge in [0.2, 0.25) is 0 Å². The van der Waals surface area contributed by atoms with Gasteiger partial charge in [0.15, 0.2) is 5.92 Å². The minimum Gasteiger partial charge on any atom is -0.465 e. The summed E-state index contributed by atoms with van der Waals surface area (Å²) < 4.78 is 9.82. The third kappa shape index (κ3) is 3.20. The smallest absolute Gasteiger partial charge is 0.320 e. The zero-order chi connectivity index (χ0) is 12.1. The van der Waals surface area contributed by atoms with Crippen molar-refractivity contribution in [1.29, 1.82) is 0 Å². The molecule has 0 N–H and O–H groups in total. The van der Waals surface area contributed by atoms with Gasteiger partial charge in [0, 0.05) is 4.83 Å². The van der Waals surface area contributed by atoms with Crippen LogP contribution in [-0.2, 0) is 19.1 Å². The van der Waals surface area contributed by atoms with Crippen LogP contribution in [0.4, 0.5) is 0 Å². The van der Waals surface area contributed by atoms with E-state index in [0.29, 0.717) is 18.0 Å². The van der Waals surface area contributed by atoms with Crippen LogP contribution >= 0.6 is 15.9 Å². The average Bonchev–Trinajstić information content (AvgIpc) is 2.16. The first-order valence-corrected chi connectivity index (χ1v) is 6.49. The number of alkyl halides is 1. The molecule has 5 heteroatoms. The summed E-state index contributed by atoms with van der Waals surface area (Å²) in [5.74, 6) is -1.59. The minimum atomic E-state index is -0.742. The van der Waals surface area contributed by atoms with E-state index in [1.807, 2.05) is 0 Å². The fourth-order valence-electron chi connectivity index (χ4n) is 1.81. The minimum absolute atomic E-state index is 0.0578. The van der Waals surface area contributed by atoms with Crippen LogP contribution in [0.1, 0.15) is 26.7 Å². The highest BCUT2D eigenvalue weighted by molar-refractivity contribution is 9.09. The summed E-state index contributed by atoms with van der Waals surface area (Å²) in [7, 11) is 0. The summed E-state index contributed by atoms with van der Waals surface area (Å²) in [6.07, 6.45) is 1.64. The van der Waals surface area contributed by atoms with Crippen molar-refractivity contribution in [2.24, 2.45) is 11.8 Å². The van der Waals surface area contributed by atoms with Gasteiger partial charge in [-0.3, -0.25) is 9.59 Å². The lowest BCUT2D eigenvalue weighted by Gasteiger charge is -2.34. The van der Waals surface area contributed by atoms with Crippen LogP contribution < -0.4 is 0 Å². The first kappa shape index (κ1) is 13.5. The quantitative estimate of drug-likeness (QED) is 0.441. The summed E-state index contributed by atoms with van der Waals surface area (Å²) in [5.41, 5.74) is 0. The van der Waals surface area contributed by atoms with Gasteiger partial charge in [0.1, 0.15) is 0 Å². The molecule has 0 aromatic heterocycles. The van der Waals surface area contributed by atoms with E-state index in [1.165, 1.54) is 0 Å². The lowest BCUT2D eigenvalue weighted by molar-refractivity contribution is -0.165. The topological polar surface area (TPSA) is 52.6 Å². The number of rotatable bonds is 5. The molecule has 0 aromatic rings. The third-order valence-corrected chi connectivity index (χ3v) is 3.42. The molecule has 1 aliphatic rings. The Labute approximate surface area is 104 Å². The standard InChI is InChI=1S/C11H17BrO4/c1-3-15-10(13)9(11(14)16-4-2)7-5-8(12)6-7/h7-9H,3-6H2,1-2H3. The van der Waals surface area contributed by atoms with E-state index >= 15 is 0 Å². The van der Waals surface area contributed by atoms with Gasteiger partial charge < -0.3 is 9.47 Å². The average molecular weight is 293 g/mol. The Hall–Kier alpha value is -0.580. The normalized spacial score (nSPS) is 23.8. The van der Waals surface area contributed by atoms with Crippen LogP contribution in [0, 0.1) is 11.8 Å². The number of carbonyl (C=O) groups excluding carboxylic acids is 2. The number of esters is 2. The number of carbonyl (C=O) groups is 2. The molecule has 1 aliphatic carbocycles. The fourth-order valence-corrected chi connectivity index (χ4v) is 2.77. The molecule has 0 saturated heterocycles. The molecule has 4 nitrogen and oxygen atoms in total. The summed E-state index contributed by atoms with van der Waals surface area (Å²) in [5, 5.41) is 0. The van der Waals surface area contributed by atoms with E-state index in [2.05, 4.69) is 15.9 Å². The van der Waals surface area contributed by atoms with Crippen molar-refractivity contribution < 1.29 is 19.1 Å². The molecule has 0 heterocycles. The second kappa shape index (κ2) is 6.23. The highest BCUT2D eigenvalue weighted by Crippen LogP contribution is 2.39. The molecule has 0 spiro atoms. The van der Waals surface area contributed by atoms with Gasteiger partial charge in [0.25, 0.3) is 0 Å². The molecule has 0 radical (unpaired) electrons. The zero-order valence-electron chi connectivity index (χ0n) is 9.57. The fraction of sp³-hybridized carbons (Fsp3) is 0.818. The van der Waals surface area contributed by atoms with Crippen molar-refractivity contribution in [3.63, 3.8) is 0 Å². The molecule has 0 amide bonds. The SMILES string of the molecule is CCOC(=O)C(C(=O)OCC)C1CC(Br)C1. The molecule has 0 atom stereocenters. The van der Waals surface area contributed by atoms with Gasteiger partial charge in [0.05, 0.1) is 13.2 Å². The van der Waals surface area contributed by atoms with Crippen LogP contribution in [0.2, 0.25) is 0 Å². The lowest BCUT2D eigenvalue weighted by Crippen LogP contribution is -2.41. The Morgan fingerprint density at radius 2 is 1.62 bits per heavy atom. The Morgan fingerprint density at radius 1 is 1.19 bits per heavy atom. The Balaban J connectivity index is 2.61. The highest BCUT2D eigenvalue weighted by Gasteiger charge is 2.43. The molecule has 1 saturated carbocycles. The van der Waals surface area contributed by atoms with Crippen molar-refractivity contribution in [2.75, 3.05) is 13.2 Å². The molecule has 1 fully saturated rings. The molecule has 1 rings (SSSR count). The van der Waals surface area contributed by atoms with E-state index in [-0.39, 0.29) is 5.92 Å². The summed E-state index contributed by atoms with van der Waals surface area (Å²) in [6.45, 7) is 4.04. The van der Waals surface area contributed by atoms with Crippen LogP contribution in [0.5, 0.6) is 0 Å². The van der Waals surface area contributed by atoms with E-state index in [0.717, 1.165) is 12.8 Å². The van der Waals surface area contributed by atoms with Gasteiger partial charge >= 0.3 is 11.9 Å². The van der Waals surface area contributed by atoms with E-state index in [4.69, 9.17) is 9.47 Å². The van der Waals surface area contributed by atoms with Crippen LogP contribution in [-0.4, -0.2) is 30.0 Å². The molecule has 0 bridgehead atoms. The van der Waals surface area contributed by atoms with Crippen molar-refractivity contribution in [1.82, 2.24) is 0 Å². The summed E-state index contributed by atoms with van der Waals surface area (Å²) >= 11 is 3.44. The van der Waals surface area contributed by atoms with Gasteiger partial charge in [-0.05, 0) is 32.6 Å². The zero-order valence-corrected chi connectivity index (χ0v) is 11.2. The van der Waals surface area contributed by atoms with Crippen molar-refractivity contribution in [3.05, 3.63) is 0 Å². The van der Waals surface area contributed by atoms with Crippen molar-refractivity contribution >= 4 is 27.9 Å². The summed E-state index contributed by atoms with van der Waals surface area (Å²) in [4.78, 5) is 23.7. The molecule has 0 unspecified atom stereocenters. The molecule has 92 valence electrons. The van der Waals surface area contributed by atoms with Crippen molar-refractivity contribution in [3.8, 4) is 0 Å². The Kier molecular flexibility index (Phi) is 5.25. The Morgan fingerprint density at radius 3 is 1.94 bits per heavy atom. The van der Waals surface area contributed by atoms with E-state index in [1.54, 1.807) is 13.8 Å². The maximum Gasteiger partial charge on any atom is 0.320 e. The molecular weight excluding hydrogens is 276 g/mol. The van der Waals surface area contributed by atoms with Crippen LogP contribution in [0.3, 0.4) is 0 Å². The number of hydrogen-bond donors (Lipinski definition) is 0. The molecule has 0 aliphatic heterocycles. The number of halogens is 1. The highest BCUT2D eigenvalue weighted by atomic mass is 79.9. The molecule has 0 aromatic carbocycles. The molecule has 16 heavy (non-hydrogen) atoms. The second-order valence-electron chi connectivity index (χ2n) is 3.81. The summed E-state index contributed by atoms with van der Waals surface area (Å²) in [6, 6.07) is 0. The van der Waals surface area contributed by atoms with E-state index in [9.17, 15) is 9.59 Å². The number of ether oxygens (including phenoxy) is 2. The Bertz CT molecular complexity index is 243. The van der Waals surface area contributed by atoms with Gasteiger partial charge in [-0.2, -0.15) is 0 Å².